The number of nitrogens with one attached hydrogen (secondary N) is 1. The molecule has 0 radical (unpaired) electrons. The fourth-order valence-electron chi connectivity index (χ4n) is 1.57. The Balaban J connectivity index is 1.99. The van der Waals surface area contributed by atoms with E-state index in [1.165, 1.54) is 28.4 Å². The summed E-state index contributed by atoms with van der Waals surface area (Å²) >= 11 is 1.52. The van der Waals surface area contributed by atoms with Gasteiger partial charge in [-0.15, -0.1) is 11.3 Å². The summed E-state index contributed by atoms with van der Waals surface area (Å²) in [5.74, 6) is -1.37. The van der Waals surface area contributed by atoms with Crippen molar-refractivity contribution in [2.24, 2.45) is 0 Å². The Morgan fingerprint density at radius 3 is 3.00 bits per heavy atom. The number of aliphatic carboxylic acids is 1. The predicted molar refractivity (Wildman–Crippen MR) is 71.2 cm³/mol. The maximum atomic E-state index is 12.0. The zero-order valence-corrected chi connectivity index (χ0v) is 11.1. The number of carboxylic acid groups (broad SMARTS) is 1. The number of thiophene rings is 1. The van der Waals surface area contributed by atoms with Gasteiger partial charge < -0.3 is 10.4 Å². The molecule has 0 aliphatic heterocycles. The molecule has 0 saturated carbocycles. The standard InChI is InChI=1S/C12H13N3O3S/c1-8(10-3-2-4-19-10)12(18)14-9-5-13-15(6-9)7-11(16)17/h2-6,8H,7H2,1H3,(H,14,18)(H,16,17). The number of amides is 1. The highest BCUT2D eigenvalue weighted by Gasteiger charge is 2.16. The quantitative estimate of drug-likeness (QED) is 0.873. The van der Waals surface area contributed by atoms with Gasteiger partial charge in [0.2, 0.25) is 5.91 Å². The topological polar surface area (TPSA) is 84.2 Å². The summed E-state index contributed by atoms with van der Waals surface area (Å²) in [5.41, 5.74) is 0.495. The van der Waals surface area contributed by atoms with Gasteiger partial charge in [-0.2, -0.15) is 5.10 Å². The van der Waals surface area contributed by atoms with E-state index in [0.717, 1.165) is 4.88 Å². The van der Waals surface area contributed by atoms with Gasteiger partial charge in [-0.3, -0.25) is 14.3 Å². The molecule has 2 aromatic rings. The molecule has 0 spiro atoms. The molecule has 2 aromatic heterocycles. The lowest BCUT2D eigenvalue weighted by molar-refractivity contribution is -0.137. The third kappa shape index (κ3) is 3.41. The van der Waals surface area contributed by atoms with Crippen molar-refractivity contribution in [3.8, 4) is 0 Å². The van der Waals surface area contributed by atoms with Crippen LogP contribution in [0.15, 0.2) is 29.9 Å². The molecule has 0 bridgehead atoms. The summed E-state index contributed by atoms with van der Waals surface area (Å²) in [6.45, 7) is 1.60. The minimum Gasteiger partial charge on any atom is -0.480 e. The maximum absolute atomic E-state index is 12.0. The minimum absolute atomic E-state index is 0.141. The summed E-state index contributed by atoms with van der Waals surface area (Å²) in [6, 6.07) is 3.80. The molecule has 7 heteroatoms. The second-order valence-corrected chi connectivity index (χ2v) is 5.03. The Labute approximate surface area is 113 Å². The largest absolute Gasteiger partial charge is 0.480 e. The van der Waals surface area contributed by atoms with Crippen LogP contribution in [0.5, 0.6) is 0 Å². The van der Waals surface area contributed by atoms with E-state index in [2.05, 4.69) is 10.4 Å². The number of hydrogen-bond donors (Lipinski definition) is 2. The number of carbonyl (C=O) groups is 2. The van der Waals surface area contributed by atoms with Crippen LogP contribution in [0.25, 0.3) is 0 Å². The van der Waals surface area contributed by atoms with Crippen molar-refractivity contribution < 1.29 is 14.7 Å². The fourth-order valence-corrected chi connectivity index (χ4v) is 2.35. The summed E-state index contributed by atoms with van der Waals surface area (Å²) in [5, 5.41) is 17.1. The van der Waals surface area contributed by atoms with E-state index in [1.807, 2.05) is 24.4 Å². The van der Waals surface area contributed by atoms with E-state index >= 15 is 0 Å². The van der Waals surface area contributed by atoms with E-state index in [-0.39, 0.29) is 18.4 Å². The normalized spacial score (nSPS) is 12.1. The summed E-state index contributed by atoms with van der Waals surface area (Å²) in [6.07, 6.45) is 2.93. The SMILES string of the molecule is CC(C(=O)Nc1cnn(CC(=O)O)c1)c1cccs1. The Kier molecular flexibility index (Phi) is 3.96. The first-order valence-electron chi connectivity index (χ1n) is 5.65. The second kappa shape index (κ2) is 5.66. The molecule has 2 heterocycles. The Bertz CT molecular complexity index is 577. The monoisotopic (exact) mass is 279 g/mol. The fraction of sp³-hybridized carbons (Fsp3) is 0.250. The van der Waals surface area contributed by atoms with Gasteiger partial charge in [-0.05, 0) is 18.4 Å². The van der Waals surface area contributed by atoms with Crippen LogP contribution in [0.3, 0.4) is 0 Å². The number of nitrogens with zero attached hydrogens (tertiary/aromatic N) is 2. The van der Waals surface area contributed by atoms with Crippen molar-refractivity contribution in [1.29, 1.82) is 0 Å². The number of aromatic nitrogens is 2. The molecule has 0 fully saturated rings. The highest BCUT2D eigenvalue weighted by molar-refractivity contribution is 7.10. The molecule has 19 heavy (non-hydrogen) atoms. The van der Waals surface area contributed by atoms with Gasteiger partial charge in [0.15, 0.2) is 0 Å². The second-order valence-electron chi connectivity index (χ2n) is 4.05. The minimum atomic E-state index is -0.979. The molecular formula is C12H13N3O3S. The lowest BCUT2D eigenvalue weighted by Crippen LogP contribution is -2.17. The first kappa shape index (κ1) is 13.3. The van der Waals surface area contributed by atoms with Crippen LogP contribution in [0.4, 0.5) is 5.69 Å². The molecule has 2 N–H and O–H groups in total. The van der Waals surface area contributed by atoms with Crippen molar-refractivity contribution in [2.75, 3.05) is 5.32 Å². The zero-order valence-electron chi connectivity index (χ0n) is 10.2. The lowest BCUT2D eigenvalue weighted by Gasteiger charge is -2.08. The highest BCUT2D eigenvalue weighted by Crippen LogP contribution is 2.22. The van der Waals surface area contributed by atoms with Crippen LogP contribution >= 0.6 is 11.3 Å². The van der Waals surface area contributed by atoms with Gasteiger partial charge in [-0.25, -0.2) is 0 Å². The maximum Gasteiger partial charge on any atom is 0.325 e. The molecule has 1 atom stereocenters. The van der Waals surface area contributed by atoms with Gasteiger partial charge >= 0.3 is 5.97 Å². The molecule has 100 valence electrons. The first-order chi connectivity index (χ1) is 9.06. The van der Waals surface area contributed by atoms with E-state index in [9.17, 15) is 9.59 Å². The van der Waals surface area contributed by atoms with Gasteiger partial charge in [0.05, 0.1) is 17.8 Å². The summed E-state index contributed by atoms with van der Waals surface area (Å²) in [4.78, 5) is 23.5. The number of carbonyl (C=O) groups excluding carboxylic acids is 1. The average molecular weight is 279 g/mol. The van der Waals surface area contributed by atoms with Gasteiger partial charge in [0, 0.05) is 11.1 Å². The average Bonchev–Trinajstić information content (AvgIpc) is 2.98. The van der Waals surface area contributed by atoms with Crippen molar-refractivity contribution in [3.05, 3.63) is 34.8 Å². The van der Waals surface area contributed by atoms with Crippen LogP contribution in [-0.2, 0) is 16.1 Å². The van der Waals surface area contributed by atoms with E-state index in [4.69, 9.17) is 5.11 Å². The van der Waals surface area contributed by atoms with Crippen molar-refractivity contribution in [1.82, 2.24) is 9.78 Å². The number of carboxylic acids is 1. The third-order valence-electron chi connectivity index (χ3n) is 2.56. The number of hydrogen-bond acceptors (Lipinski definition) is 4. The first-order valence-corrected chi connectivity index (χ1v) is 6.52. The predicted octanol–water partition coefficient (Wildman–Crippen LogP) is 1.77. The number of rotatable bonds is 5. The van der Waals surface area contributed by atoms with Gasteiger partial charge in [0.25, 0.3) is 0 Å². The Hall–Kier alpha value is -2.15. The van der Waals surface area contributed by atoms with Crippen LogP contribution in [0.2, 0.25) is 0 Å². The van der Waals surface area contributed by atoms with Crippen LogP contribution in [0.1, 0.15) is 17.7 Å². The summed E-state index contributed by atoms with van der Waals surface area (Å²) in [7, 11) is 0. The highest BCUT2D eigenvalue weighted by atomic mass is 32.1. The third-order valence-corrected chi connectivity index (χ3v) is 3.62. The Morgan fingerprint density at radius 1 is 1.58 bits per heavy atom. The van der Waals surface area contributed by atoms with Crippen molar-refractivity contribution >= 4 is 28.9 Å². The zero-order chi connectivity index (χ0) is 13.8. The van der Waals surface area contributed by atoms with Crippen molar-refractivity contribution in [3.63, 3.8) is 0 Å². The molecule has 1 amide bonds. The molecule has 0 aliphatic carbocycles. The lowest BCUT2D eigenvalue weighted by atomic mass is 10.1. The molecular weight excluding hydrogens is 266 g/mol. The van der Waals surface area contributed by atoms with Gasteiger partial charge in [-0.1, -0.05) is 6.07 Å². The van der Waals surface area contributed by atoms with Crippen LogP contribution in [-0.4, -0.2) is 26.8 Å². The molecule has 0 saturated heterocycles. The van der Waals surface area contributed by atoms with E-state index in [1.54, 1.807) is 0 Å². The molecule has 1 unspecified atom stereocenters. The van der Waals surface area contributed by atoms with E-state index in [0.29, 0.717) is 5.69 Å². The molecule has 0 aromatic carbocycles. The van der Waals surface area contributed by atoms with Crippen LogP contribution in [0, 0.1) is 0 Å². The number of anilines is 1. The van der Waals surface area contributed by atoms with E-state index < -0.39 is 5.97 Å². The summed E-state index contributed by atoms with van der Waals surface area (Å²) < 4.78 is 1.26. The van der Waals surface area contributed by atoms with Crippen LogP contribution < -0.4 is 5.32 Å². The van der Waals surface area contributed by atoms with Crippen molar-refractivity contribution in [2.45, 2.75) is 19.4 Å². The molecule has 6 nitrogen and oxygen atoms in total. The smallest absolute Gasteiger partial charge is 0.325 e. The molecule has 0 aliphatic rings. The Morgan fingerprint density at radius 2 is 2.37 bits per heavy atom. The van der Waals surface area contributed by atoms with Gasteiger partial charge in [0.1, 0.15) is 6.54 Å². The molecule has 2 rings (SSSR count).